The van der Waals surface area contributed by atoms with Crippen molar-refractivity contribution >= 4 is 11.9 Å². The Bertz CT molecular complexity index is 664. The molecule has 0 saturated heterocycles. The molecule has 4 N–H and O–H groups in total. The van der Waals surface area contributed by atoms with Gasteiger partial charge >= 0.3 is 6.09 Å². The lowest BCUT2D eigenvalue weighted by Crippen LogP contribution is -2.77. The summed E-state index contributed by atoms with van der Waals surface area (Å²) in [5.41, 5.74) is -3.77. The summed E-state index contributed by atoms with van der Waals surface area (Å²) in [4.78, 5) is 25.4. The van der Waals surface area contributed by atoms with Crippen LogP contribution in [0.15, 0.2) is 12.7 Å². The van der Waals surface area contributed by atoms with Gasteiger partial charge in [-0.05, 0) is 24.2 Å². The number of Topliss-reactive ketones (excluding diaryl/α,β-unsaturated/α-hetero) is 1. The number of carbonyl (C=O) groups is 2. The molecule has 166 valence electrons. The minimum Gasteiger partial charge on any atom is -0.443 e. The van der Waals surface area contributed by atoms with Gasteiger partial charge in [0, 0.05) is 30.7 Å². The van der Waals surface area contributed by atoms with Crippen LogP contribution in [0.2, 0.25) is 0 Å². The van der Waals surface area contributed by atoms with Crippen LogP contribution in [-0.4, -0.2) is 58.2 Å². The van der Waals surface area contributed by atoms with E-state index in [-0.39, 0.29) is 12.3 Å². The van der Waals surface area contributed by atoms with Crippen LogP contribution in [0.5, 0.6) is 0 Å². The predicted octanol–water partition coefficient (Wildman–Crippen LogP) is 2.04. The van der Waals surface area contributed by atoms with Crippen molar-refractivity contribution in [2.75, 3.05) is 7.05 Å². The molecule has 0 aromatic carbocycles. The topological polar surface area (TPSA) is 116 Å². The number of aliphatic hydroxyl groups excluding tert-OH is 2. The van der Waals surface area contributed by atoms with E-state index >= 15 is 0 Å². The fourth-order valence-corrected chi connectivity index (χ4v) is 5.94. The minimum atomic E-state index is -1.98. The second kappa shape index (κ2) is 8.00. The molecule has 0 heterocycles. The van der Waals surface area contributed by atoms with Crippen molar-refractivity contribution in [3.8, 4) is 0 Å². The fraction of sp³-hybridized carbons (Fsp3) is 0.818. The van der Waals surface area contributed by atoms with Crippen LogP contribution >= 0.6 is 0 Å². The number of amides is 1. The third-order valence-corrected chi connectivity index (χ3v) is 7.68. The smallest absolute Gasteiger partial charge is 0.407 e. The molecule has 1 amide bonds. The van der Waals surface area contributed by atoms with Crippen molar-refractivity contribution in [1.82, 2.24) is 5.32 Å². The summed E-state index contributed by atoms with van der Waals surface area (Å²) in [7, 11) is 1.41. The quantitative estimate of drug-likeness (QED) is 0.515. The number of fused-ring (bicyclic) bond motifs is 1. The van der Waals surface area contributed by atoms with Crippen LogP contribution in [0.1, 0.15) is 53.9 Å². The van der Waals surface area contributed by atoms with E-state index in [2.05, 4.69) is 11.9 Å². The molecule has 2 aliphatic rings. The normalized spacial score (nSPS) is 42.3. The minimum absolute atomic E-state index is 0.0442. The number of rotatable bonds is 5. The molecule has 0 aromatic heterocycles. The first-order valence-electron chi connectivity index (χ1n) is 10.4. The highest BCUT2D eigenvalue weighted by atomic mass is 16.6. The molecular weight excluding hydrogens is 374 g/mol. The Morgan fingerprint density at radius 2 is 1.90 bits per heavy atom. The summed E-state index contributed by atoms with van der Waals surface area (Å²) in [5, 5.41) is 36.7. The molecule has 7 nitrogen and oxygen atoms in total. The zero-order valence-corrected chi connectivity index (χ0v) is 18.4. The summed E-state index contributed by atoms with van der Waals surface area (Å²) in [6, 6.07) is 0. The lowest BCUT2D eigenvalue weighted by molar-refractivity contribution is -0.291. The molecule has 2 saturated carbocycles. The van der Waals surface area contributed by atoms with Crippen LogP contribution in [0.3, 0.4) is 0 Å². The number of carbonyl (C=O) groups excluding carboxylic acids is 2. The van der Waals surface area contributed by atoms with E-state index in [1.54, 1.807) is 19.9 Å². The highest BCUT2D eigenvalue weighted by Gasteiger charge is 2.73. The Hall–Kier alpha value is -1.44. The third kappa shape index (κ3) is 3.51. The highest BCUT2D eigenvalue weighted by Crippen LogP contribution is 2.63. The monoisotopic (exact) mass is 411 g/mol. The molecule has 0 radical (unpaired) electrons. The maximum Gasteiger partial charge on any atom is 0.407 e. The van der Waals surface area contributed by atoms with Crippen LogP contribution in [0, 0.1) is 28.6 Å². The van der Waals surface area contributed by atoms with Gasteiger partial charge in [0.15, 0.2) is 5.78 Å². The van der Waals surface area contributed by atoms with Gasteiger partial charge in [-0.1, -0.05) is 40.7 Å². The third-order valence-electron chi connectivity index (χ3n) is 7.68. The molecule has 8 atom stereocenters. The van der Waals surface area contributed by atoms with Crippen LogP contribution in [0.25, 0.3) is 0 Å². The number of ether oxygens (including phenoxy) is 1. The van der Waals surface area contributed by atoms with Gasteiger partial charge in [-0.15, -0.1) is 6.58 Å². The summed E-state index contributed by atoms with van der Waals surface area (Å²) < 4.78 is 5.45. The number of nitrogens with one attached hydrogen (secondary N) is 1. The molecular formula is C22H37NO6. The van der Waals surface area contributed by atoms with Gasteiger partial charge in [0.05, 0.1) is 12.2 Å². The van der Waals surface area contributed by atoms with Crippen LogP contribution in [0.4, 0.5) is 4.79 Å². The molecule has 29 heavy (non-hydrogen) atoms. The lowest BCUT2D eigenvalue weighted by atomic mass is 9.41. The lowest BCUT2D eigenvalue weighted by Gasteiger charge is -2.66. The van der Waals surface area contributed by atoms with E-state index < -0.39 is 58.5 Å². The van der Waals surface area contributed by atoms with Crippen molar-refractivity contribution in [1.29, 1.82) is 0 Å². The van der Waals surface area contributed by atoms with Crippen molar-refractivity contribution in [2.24, 2.45) is 28.6 Å². The predicted molar refractivity (Wildman–Crippen MR) is 109 cm³/mol. The van der Waals surface area contributed by atoms with Gasteiger partial charge in [0.25, 0.3) is 0 Å². The first kappa shape index (κ1) is 23.8. The second-order valence-electron chi connectivity index (χ2n) is 9.81. The number of ketones is 1. The maximum absolute atomic E-state index is 13.5. The first-order chi connectivity index (χ1) is 13.3. The van der Waals surface area contributed by atoms with E-state index in [0.717, 1.165) is 0 Å². The second-order valence-corrected chi connectivity index (χ2v) is 9.81. The SMILES string of the molecule is C=C[C@@H](C)CC(=O)[C@]1(O)[C@@H](C)[C@H](OC(=O)NC)[C@H](O)[C@H]2C(C)(C)CC[C@@H](O)[C@@]21C. The Morgan fingerprint density at radius 1 is 1.31 bits per heavy atom. The molecule has 0 aliphatic heterocycles. The molecule has 7 heteroatoms. The summed E-state index contributed by atoms with van der Waals surface area (Å²) >= 11 is 0. The summed E-state index contributed by atoms with van der Waals surface area (Å²) in [5.74, 6) is -2.17. The van der Waals surface area contributed by atoms with Gasteiger partial charge in [0.2, 0.25) is 0 Å². The van der Waals surface area contributed by atoms with Gasteiger partial charge in [0.1, 0.15) is 11.7 Å². The summed E-state index contributed by atoms with van der Waals surface area (Å²) in [6.45, 7) is 12.7. The van der Waals surface area contributed by atoms with Gasteiger partial charge in [-0.2, -0.15) is 0 Å². The average molecular weight is 412 g/mol. The number of allylic oxidation sites excluding steroid dienone is 1. The van der Waals surface area contributed by atoms with Crippen molar-refractivity contribution in [3.05, 3.63) is 12.7 Å². The molecule has 2 fully saturated rings. The van der Waals surface area contributed by atoms with E-state index in [1.807, 2.05) is 20.8 Å². The molecule has 0 unspecified atom stereocenters. The summed E-state index contributed by atoms with van der Waals surface area (Å²) in [6.07, 6.45) is -1.24. The van der Waals surface area contributed by atoms with Crippen molar-refractivity contribution in [3.63, 3.8) is 0 Å². The van der Waals surface area contributed by atoms with Crippen LogP contribution in [-0.2, 0) is 9.53 Å². The molecule has 2 rings (SSSR count). The van der Waals surface area contributed by atoms with Crippen molar-refractivity contribution in [2.45, 2.75) is 77.8 Å². The van der Waals surface area contributed by atoms with Gasteiger partial charge in [-0.3, -0.25) is 4.79 Å². The first-order valence-corrected chi connectivity index (χ1v) is 10.4. The van der Waals surface area contributed by atoms with E-state index in [0.29, 0.717) is 12.8 Å². The number of alkyl carbamates (subject to hydrolysis) is 1. The average Bonchev–Trinajstić information content (AvgIpc) is 2.66. The molecule has 2 aliphatic carbocycles. The van der Waals surface area contributed by atoms with Gasteiger partial charge < -0.3 is 25.4 Å². The fourth-order valence-electron chi connectivity index (χ4n) is 5.94. The molecule has 0 bridgehead atoms. The Kier molecular flexibility index (Phi) is 6.58. The van der Waals surface area contributed by atoms with Crippen LogP contribution < -0.4 is 5.32 Å². The molecule has 0 aromatic rings. The zero-order chi connectivity index (χ0) is 22.4. The van der Waals surface area contributed by atoms with E-state index in [4.69, 9.17) is 4.74 Å². The Morgan fingerprint density at radius 3 is 2.41 bits per heavy atom. The Labute approximate surface area is 173 Å². The largest absolute Gasteiger partial charge is 0.443 e. The standard InChI is InChI=1S/C22H37NO6/c1-8-12(2)11-15(25)22(28)13(3)17(29-19(27)23-7)16(26)18-20(4,5)10-9-14(24)21(18,22)6/h8,12-14,16-18,24,26,28H,1,9-11H2,2-7H3,(H,23,27)/t12-,13+,14-,16+,17+,18+,21+,22-/m1/s1. The van der Waals surface area contributed by atoms with E-state index in [9.17, 15) is 24.9 Å². The highest BCUT2D eigenvalue weighted by molar-refractivity contribution is 5.89. The maximum atomic E-state index is 13.5. The molecule has 0 spiro atoms. The van der Waals surface area contributed by atoms with Gasteiger partial charge in [-0.25, -0.2) is 4.79 Å². The number of hydrogen-bond acceptors (Lipinski definition) is 6. The van der Waals surface area contributed by atoms with E-state index in [1.165, 1.54) is 7.05 Å². The number of hydrogen-bond donors (Lipinski definition) is 4. The zero-order valence-electron chi connectivity index (χ0n) is 18.4. The van der Waals surface area contributed by atoms with Crippen molar-refractivity contribution < 1.29 is 29.6 Å². The Balaban J connectivity index is 2.67. The number of aliphatic hydroxyl groups is 3.